The average molecular weight is 364 g/mol. The van der Waals surface area contributed by atoms with E-state index in [1.54, 1.807) is 13.1 Å². The third kappa shape index (κ3) is 3.19. The Morgan fingerprint density at radius 1 is 1.36 bits per heavy atom. The van der Waals surface area contributed by atoms with E-state index in [2.05, 4.69) is 15.0 Å². The molecule has 0 spiro atoms. The Balaban J connectivity index is 2.31. The number of benzene rings is 1. The molecule has 0 bridgehead atoms. The van der Waals surface area contributed by atoms with Crippen LogP contribution in [0.3, 0.4) is 0 Å². The van der Waals surface area contributed by atoms with Crippen molar-refractivity contribution in [1.82, 2.24) is 19.5 Å². The monoisotopic (exact) mass is 364 g/mol. The van der Waals surface area contributed by atoms with Crippen molar-refractivity contribution in [3.63, 3.8) is 0 Å². The fourth-order valence-corrected chi connectivity index (χ4v) is 2.82. The molecule has 12 heteroatoms. The van der Waals surface area contributed by atoms with Crippen LogP contribution < -0.4 is 10.3 Å². The Hall–Kier alpha value is -3.28. The zero-order valence-corrected chi connectivity index (χ0v) is 13.9. The molecule has 0 amide bonds. The molecule has 0 unspecified atom stereocenters. The Morgan fingerprint density at radius 2 is 2.08 bits per heavy atom. The summed E-state index contributed by atoms with van der Waals surface area (Å²) >= 11 is 0. The maximum atomic E-state index is 11.9. The Kier molecular flexibility index (Phi) is 3.75. The first-order valence-electron chi connectivity index (χ1n) is 6.86. The molecule has 2 N–H and O–H groups in total. The smallest absolute Gasteiger partial charge is 0.295 e. The summed E-state index contributed by atoms with van der Waals surface area (Å²) in [6.45, 7) is 1.67. The fourth-order valence-electron chi connectivity index (χ4n) is 2.33. The van der Waals surface area contributed by atoms with Crippen molar-refractivity contribution in [3.05, 3.63) is 50.8 Å². The summed E-state index contributed by atoms with van der Waals surface area (Å²) in [5.74, 6) is 0.0958. The van der Waals surface area contributed by atoms with Gasteiger partial charge < -0.3 is 4.98 Å². The van der Waals surface area contributed by atoms with E-state index in [1.165, 1.54) is 22.9 Å². The summed E-state index contributed by atoms with van der Waals surface area (Å²) in [4.78, 5) is 33.1. The van der Waals surface area contributed by atoms with Gasteiger partial charge in [-0.25, -0.2) is 18.4 Å². The highest BCUT2D eigenvalue weighted by molar-refractivity contribution is 7.92. The van der Waals surface area contributed by atoms with Crippen molar-refractivity contribution in [2.24, 2.45) is 0 Å². The summed E-state index contributed by atoms with van der Waals surface area (Å²) in [7, 11) is -3.71. The van der Waals surface area contributed by atoms with Gasteiger partial charge in [0.1, 0.15) is 11.5 Å². The number of nitro benzene ring substituents is 1. The van der Waals surface area contributed by atoms with Crippen LogP contribution in [-0.4, -0.2) is 39.1 Å². The Labute approximate surface area is 140 Å². The number of nitrogens with zero attached hydrogens (tertiary/aromatic N) is 4. The molecule has 0 saturated carbocycles. The lowest BCUT2D eigenvalue weighted by Gasteiger charge is -2.09. The van der Waals surface area contributed by atoms with E-state index in [0.717, 1.165) is 6.26 Å². The lowest BCUT2D eigenvalue weighted by molar-refractivity contribution is -0.384. The lowest BCUT2D eigenvalue weighted by Crippen LogP contribution is -2.20. The quantitative estimate of drug-likeness (QED) is 0.510. The molecule has 3 rings (SSSR count). The standard InChI is InChI=1S/C13H12N6O5S/c1-7-14-3-4-18(7)10-5-8-9(6-11(10)19(21)22)16-13(20)12(15-8)17-25(2,23)24/h3-6H,1-2H3,(H,15,17)(H,16,20). The maximum absolute atomic E-state index is 11.9. The number of aromatic amines is 1. The summed E-state index contributed by atoms with van der Waals surface area (Å²) in [5.41, 5.74) is -0.581. The molecule has 0 fully saturated rings. The van der Waals surface area contributed by atoms with Crippen LogP contribution in [0.2, 0.25) is 0 Å². The van der Waals surface area contributed by atoms with E-state index in [0.29, 0.717) is 5.82 Å². The van der Waals surface area contributed by atoms with Crippen molar-refractivity contribution >= 4 is 32.6 Å². The minimum absolute atomic E-state index is 0.109. The van der Waals surface area contributed by atoms with Crippen LogP contribution >= 0.6 is 0 Å². The number of aryl methyl sites for hydroxylation is 1. The summed E-state index contributed by atoms with van der Waals surface area (Å²) < 4.78 is 26.2. The second-order valence-electron chi connectivity index (χ2n) is 5.25. The van der Waals surface area contributed by atoms with Gasteiger partial charge in [0, 0.05) is 18.5 Å². The second-order valence-corrected chi connectivity index (χ2v) is 7.00. The largest absolute Gasteiger partial charge is 0.317 e. The highest BCUT2D eigenvalue weighted by atomic mass is 32.2. The zero-order chi connectivity index (χ0) is 18.4. The minimum Gasteiger partial charge on any atom is -0.317 e. The van der Waals surface area contributed by atoms with E-state index < -0.39 is 26.3 Å². The van der Waals surface area contributed by atoms with Gasteiger partial charge in [-0.3, -0.25) is 24.2 Å². The first kappa shape index (κ1) is 16.6. The van der Waals surface area contributed by atoms with E-state index >= 15 is 0 Å². The molecule has 130 valence electrons. The molecule has 3 aromatic rings. The molecule has 0 radical (unpaired) electrons. The van der Waals surface area contributed by atoms with Gasteiger partial charge >= 0.3 is 0 Å². The van der Waals surface area contributed by atoms with Crippen LogP contribution in [0.15, 0.2) is 29.3 Å². The molecule has 11 nitrogen and oxygen atoms in total. The first-order valence-corrected chi connectivity index (χ1v) is 8.75. The lowest BCUT2D eigenvalue weighted by atomic mass is 10.2. The molecule has 0 atom stereocenters. The SMILES string of the molecule is Cc1nccn1-c1cc2nc(NS(C)(=O)=O)c(=O)[nH]c2cc1[N+](=O)[O-]. The molecular weight excluding hydrogens is 352 g/mol. The molecule has 0 aliphatic heterocycles. The molecule has 0 saturated heterocycles. The van der Waals surface area contributed by atoms with Gasteiger partial charge in [-0.05, 0) is 13.0 Å². The van der Waals surface area contributed by atoms with Crippen LogP contribution in [0, 0.1) is 17.0 Å². The van der Waals surface area contributed by atoms with Crippen molar-refractivity contribution < 1.29 is 13.3 Å². The van der Waals surface area contributed by atoms with Crippen molar-refractivity contribution in [2.75, 3.05) is 11.0 Å². The Morgan fingerprint density at radius 3 is 2.64 bits per heavy atom. The maximum Gasteiger partial charge on any atom is 0.295 e. The van der Waals surface area contributed by atoms with Crippen LogP contribution in [0.5, 0.6) is 0 Å². The van der Waals surface area contributed by atoms with Gasteiger partial charge in [0.25, 0.3) is 11.2 Å². The topological polar surface area (TPSA) is 153 Å². The average Bonchev–Trinajstić information content (AvgIpc) is 2.91. The number of sulfonamides is 1. The van der Waals surface area contributed by atoms with Crippen molar-refractivity contribution in [1.29, 1.82) is 0 Å². The number of nitrogens with one attached hydrogen (secondary N) is 2. The normalized spacial score (nSPS) is 11.6. The predicted molar refractivity (Wildman–Crippen MR) is 89.3 cm³/mol. The van der Waals surface area contributed by atoms with Gasteiger partial charge in [-0.2, -0.15) is 0 Å². The van der Waals surface area contributed by atoms with Gasteiger partial charge in [0.2, 0.25) is 15.8 Å². The minimum atomic E-state index is -3.71. The zero-order valence-electron chi connectivity index (χ0n) is 13.0. The fraction of sp³-hybridized carbons (Fsp3) is 0.154. The van der Waals surface area contributed by atoms with Crippen LogP contribution in [0.25, 0.3) is 16.7 Å². The first-order chi connectivity index (χ1) is 11.7. The number of aromatic nitrogens is 4. The number of hydrogen-bond acceptors (Lipinski definition) is 7. The number of rotatable bonds is 4. The second kappa shape index (κ2) is 5.66. The third-order valence-corrected chi connectivity index (χ3v) is 3.92. The molecule has 25 heavy (non-hydrogen) atoms. The predicted octanol–water partition coefficient (Wildman–Crippen LogP) is 0.697. The summed E-state index contributed by atoms with van der Waals surface area (Å²) in [6.07, 6.45) is 3.92. The summed E-state index contributed by atoms with van der Waals surface area (Å²) in [6, 6.07) is 2.55. The third-order valence-electron chi connectivity index (χ3n) is 3.35. The molecule has 0 aliphatic rings. The summed E-state index contributed by atoms with van der Waals surface area (Å²) in [5, 5.41) is 11.4. The highest BCUT2D eigenvalue weighted by Crippen LogP contribution is 2.28. The van der Waals surface area contributed by atoms with Gasteiger partial charge in [0.15, 0.2) is 0 Å². The van der Waals surface area contributed by atoms with E-state index in [-0.39, 0.29) is 22.4 Å². The van der Waals surface area contributed by atoms with Gasteiger partial charge in [0.05, 0.1) is 22.2 Å². The number of H-pyrrole nitrogens is 1. The molecule has 0 aliphatic carbocycles. The highest BCUT2D eigenvalue weighted by Gasteiger charge is 2.20. The van der Waals surface area contributed by atoms with Crippen LogP contribution in [-0.2, 0) is 10.0 Å². The Bertz CT molecular complexity index is 1160. The van der Waals surface area contributed by atoms with Gasteiger partial charge in [-0.15, -0.1) is 0 Å². The number of fused-ring (bicyclic) bond motifs is 1. The number of anilines is 1. The van der Waals surface area contributed by atoms with Crippen LogP contribution in [0.1, 0.15) is 5.82 Å². The molecule has 2 heterocycles. The number of hydrogen-bond donors (Lipinski definition) is 2. The van der Waals surface area contributed by atoms with E-state index in [1.807, 2.05) is 4.72 Å². The van der Waals surface area contributed by atoms with Crippen molar-refractivity contribution in [2.45, 2.75) is 6.92 Å². The molecule has 1 aromatic carbocycles. The van der Waals surface area contributed by atoms with Gasteiger partial charge in [-0.1, -0.05) is 0 Å². The van der Waals surface area contributed by atoms with Crippen molar-refractivity contribution in [3.8, 4) is 5.69 Å². The van der Waals surface area contributed by atoms with E-state index in [9.17, 15) is 23.3 Å². The molecular formula is C13H12N6O5S. The number of nitro groups is 1. The molecule has 2 aromatic heterocycles. The van der Waals surface area contributed by atoms with E-state index in [4.69, 9.17) is 0 Å². The van der Waals surface area contributed by atoms with Crippen LogP contribution in [0.4, 0.5) is 11.5 Å². The number of imidazole rings is 1.